The number of ketones is 1. The molecule has 0 aliphatic heterocycles. The Hall–Kier alpha value is -2.63. The molecule has 1 aliphatic carbocycles. The Morgan fingerprint density at radius 1 is 1.19 bits per heavy atom. The van der Waals surface area contributed by atoms with Crippen molar-refractivity contribution in [2.75, 3.05) is 7.11 Å². The number of aromatic nitrogens is 1. The number of carbonyl (C=O) groups excluding carboxylic acids is 2. The number of thiazole rings is 1. The third-order valence-electron chi connectivity index (χ3n) is 3.53. The fraction of sp³-hybridized carbons (Fsp3) is 0.190. The summed E-state index contributed by atoms with van der Waals surface area (Å²) in [6.07, 6.45) is 11.7. The van der Waals surface area contributed by atoms with Gasteiger partial charge in [0.25, 0.3) is 0 Å². The van der Waals surface area contributed by atoms with Gasteiger partial charge in [-0.2, -0.15) is 0 Å². The molecule has 0 saturated carbocycles. The van der Waals surface area contributed by atoms with Crippen LogP contribution in [0.4, 0.5) is 0 Å². The average Bonchev–Trinajstić information content (AvgIpc) is 2.98. The standard InChI is InChI=1S/C19H17NOS.CH4O.CH2O/c1-14-8-10-16(11-9-14)18(21)12-19-20-17(13-22-19)15-6-4-2-3-5-7-15;2*1-2/h2-4,6-11,13H,5,12H2,1H3;2H,1H3;1H2. The van der Waals surface area contributed by atoms with Crippen LogP contribution < -0.4 is 0 Å². The molecule has 0 atom stereocenters. The maximum absolute atomic E-state index is 12.3. The number of carbonyl (C=O) groups is 2. The van der Waals surface area contributed by atoms with E-state index in [1.165, 1.54) is 0 Å². The van der Waals surface area contributed by atoms with Crippen LogP contribution in [0.1, 0.15) is 33.0 Å². The van der Waals surface area contributed by atoms with Gasteiger partial charge >= 0.3 is 0 Å². The van der Waals surface area contributed by atoms with Crippen LogP contribution in [0.5, 0.6) is 0 Å². The van der Waals surface area contributed by atoms with Gasteiger partial charge in [-0.15, -0.1) is 11.3 Å². The van der Waals surface area contributed by atoms with E-state index in [-0.39, 0.29) is 5.78 Å². The van der Waals surface area contributed by atoms with E-state index in [0.717, 1.165) is 40.9 Å². The first-order chi connectivity index (χ1) is 12.7. The lowest BCUT2D eigenvalue weighted by atomic mass is 10.1. The van der Waals surface area contributed by atoms with Gasteiger partial charge in [0.15, 0.2) is 5.78 Å². The minimum atomic E-state index is 0.118. The van der Waals surface area contributed by atoms with Gasteiger partial charge in [-0.3, -0.25) is 4.79 Å². The molecular weight excluding hydrogens is 346 g/mol. The third kappa shape index (κ3) is 6.35. The van der Waals surface area contributed by atoms with E-state index in [0.29, 0.717) is 6.42 Å². The number of Topliss-reactive ketones (excluding diaryl/α,β-unsaturated/α-hetero) is 1. The first-order valence-electron chi connectivity index (χ1n) is 8.04. The smallest absolute Gasteiger partial charge is 0.169 e. The molecule has 0 fully saturated rings. The summed E-state index contributed by atoms with van der Waals surface area (Å²) in [4.78, 5) is 24.9. The Kier molecular flexibility index (Phi) is 9.75. The highest BCUT2D eigenvalue weighted by Gasteiger charge is 2.11. The molecule has 0 radical (unpaired) electrons. The van der Waals surface area contributed by atoms with Gasteiger partial charge in [-0.25, -0.2) is 4.98 Å². The van der Waals surface area contributed by atoms with E-state index < -0.39 is 0 Å². The molecule has 0 saturated heterocycles. The van der Waals surface area contributed by atoms with Crippen molar-refractivity contribution < 1.29 is 14.7 Å². The molecule has 0 spiro atoms. The highest BCUT2D eigenvalue weighted by molar-refractivity contribution is 7.09. The number of hydrogen-bond donors (Lipinski definition) is 1. The molecule has 3 rings (SSSR count). The van der Waals surface area contributed by atoms with Gasteiger partial charge in [0.1, 0.15) is 11.8 Å². The molecular formula is C21H23NO3S. The topological polar surface area (TPSA) is 67.3 Å². The zero-order chi connectivity index (χ0) is 19.4. The van der Waals surface area contributed by atoms with E-state index in [9.17, 15) is 4.79 Å². The summed E-state index contributed by atoms with van der Waals surface area (Å²) < 4.78 is 0. The van der Waals surface area contributed by atoms with Gasteiger partial charge in [0, 0.05) is 18.1 Å². The Morgan fingerprint density at radius 3 is 2.58 bits per heavy atom. The largest absolute Gasteiger partial charge is 0.400 e. The molecule has 1 aromatic carbocycles. The van der Waals surface area contributed by atoms with Crippen LogP contribution >= 0.6 is 11.3 Å². The van der Waals surface area contributed by atoms with E-state index in [1.807, 2.05) is 55.5 Å². The highest BCUT2D eigenvalue weighted by Crippen LogP contribution is 2.22. The van der Waals surface area contributed by atoms with Gasteiger partial charge in [0.05, 0.1) is 12.1 Å². The number of allylic oxidation sites excluding steroid dienone is 6. The second-order valence-corrected chi connectivity index (χ2v) is 6.22. The van der Waals surface area contributed by atoms with Crippen molar-refractivity contribution >= 4 is 29.5 Å². The summed E-state index contributed by atoms with van der Waals surface area (Å²) in [5.41, 5.74) is 3.99. The first-order valence-corrected chi connectivity index (χ1v) is 8.92. The number of rotatable bonds is 4. The third-order valence-corrected chi connectivity index (χ3v) is 4.38. The molecule has 1 heterocycles. The Morgan fingerprint density at radius 2 is 1.88 bits per heavy atom. The van der Waals surface area contributed by atoms with E-state index in [4.69, 9.17) is 9.90 Å². The summed E-state index contributed by atoms with van der Waals surface area (Å²) in [6.45, 7) is 4.02. The van der Waals surface area contributed by atoms with Crippen LogP contribution in [0.25, 0.3) is 5.57 Å². The zero-order valence-electron chi connectivity index (χ0n) is 15.0. The van der Waals surface area contributed by atoms with Crippen molar-refractivity contribution in [3.63, 3.8) is 0 Å². The molecule has 1 aromatic heterocycles. The van der Waals surface area contributed by atoms with Crippen LogP contribution in [0.15, 0.2) is 60.0 Å². The second kappa shape index (κ2) is 11.8. The van der Waals surface area contributed by atoms with Crippen LogP contribution in [-0.2, 0) is 11.2 Å². The van der Waals surface area contributed by atoms with Gasteiger partial charge in [-0.1, -0.05) is 60.2 Å². The van der Waals surface area contributed by atoms with Crippen molar-refractivity contribution in [2.45, 2.75) is 19.8 Å². The van der Waals surface area contributed by atoms with Gasteiger partial charge in [0.2, 0.25) is 0 Å². The molecule has 26 heavy (non-hydrogen) atoms. The Bertz CT molecular complexity index is 786. The summed E-state index contributed by atoms with van der Waals surface area (Å²) in [5.74, 6) is 0.118. The number of nitrogens with zero attached hydrogens (tertiary/aromatic N) is 1. The second-order valence-electron chi connectivity index (χ2n) is 5.27. The lowest BCUT2D eigenvalue weighted by Gasteiger charge is -1.99. The molecule has 2 aromatic rings. The van der Waals surface area contributed by atoms with Crippen LogP contribution in [0, 0.1) is 6.92 Å². The molecule has 0 unspecified atom stereocenters. The number of aliphatic hydroxyl groups is 1. The number of hydrogen-bond acceptors (Lipinski definition) is 5. The van der Waals surface area contributed by atoms with E-state index in [2.05, 4.69) is 23.2 Å². The zero-order valence-corrected chi connectivity index (χ0v) is 15.8. The van der Waals surface area contributed by atoms with E-state index >= 15 is 0 Å². The summed E-state index contributed by atoms with van der Waals surface area (Å²) in [6, 6.07) is 7.70. The maximum atomic E-state index is 12.3. The molecule has 136 valence electrons. The Balaban J connectivity index is 0.000000791. The summed E-state index contributed by atoms with van der Waals surface area (Å²) in [7, 11) is 1.00. The molecule has 1 N–H and O–H groups in total. The summed E-state index contributed by atoms with van der Waals surface area (Å²) >= 11 is 1.55. The first kappa shape index (κ1) is 21.4. The quantitative estimate of drug-likeness (QED) is 0.820. The molecule has 4 nitrogen and oxygen atoms in total. The minimum absolute atomic E-state index is 0.118. The van der Waals surface area contributed by atoms with Crippen molar-refractivity contribution in [1.29, 1.82) is 0 Å². The lowest BCUT2D eigenvalue weighted by molar-refractivity contribution is -0.0980. The van der Waals surface area contributed by atoms with Crippen molar-refractivity contribution in [3.8, 4) is 0 Å². The summed E-state index contributed by atoms with van der Waals surface area (Å²) in [5, 5.41) is 9.89. The lowest BCUT2D eigenvalue weighted by Crippen LogP contribution is -2.03. The molecule has 0 bridgehead atoms. The van der Waals surface area contributed by atoms with Crippen LogP contribution in [-0.4, -0.2) is 29.8 Å². The molecule has 0 amide bonds. The maximum Gasteiger partial charge on any atom is 0.169 e. The SMILES string of the molecule is C=O.CO.Cc1ccc(C(=O)Cc2nc(C3=CCC=CC=C3)cs2)cc1. The predicted molar refractivity (Wildman–Crippen MR) is 107 cm³/mol. The fourth-order valence-electron chi connectivity index (χ4n) is 2.27. The van der Waals surface area contributed by atoms with Gasteiger partial charge in [-0.05, 0) is 18.9 Å². The van der Waals surface area contributed by atoms with Crippen molar-refractivity contribution in [3.05, 3.63) is 81.9 Å². The monoisotopic (exact) mass is 369 g/mol. The molecule has 5 heteroatoms. The minimum Gasteiger partial charge on any atom is -0.400 e. The molecule has 1 aliphatic rings. The van der Waals surface area contributed by atoms with Crippen LogP contribution in [0.2, 0.25) is 0 Å². The van der Waals surface area contributed by atoms with Crippen LogP contribution in [0.3, 0.4) is 0 Å². The number of benzene rings is 1. The van der Waals surface area contributed by atoms with Gasteiger partial charge < -0.3 is 9.90 Å². The van der Waals surface area contributed by atoms with Crippen molar-refractivity contribution in [2.24, 2.45) is 0 Å². The number of aliphatic hydroxyl groups excluding tert-OH is 1. The average molecular weight is 369 g/mol. The predicted octanol–water partition coefficient (Wildman–Crippen LogP) is 4.20. The van der Waals surface area contributed by atoms with Crippen molar-refractivity contribution in [1.82, 2.24) is 4.98 Å². The fourth-order valence-corrected chi connectivity index (χ4v) is 3.07. The normalized spacial score (nSPS) is 12.0. The number of aryl methyl sites for hydroxylation is 1. The Labute approximate surface area is 158 Å². The highest BCUT2D eigenvalue weighted by atomic mass is 32.1. The van der Waals surface area contributed by atoms with E-state index in [1.54, 1.807) is 11.3 Å².